The molecule has 0 saturated carbocycles. The number of rotatable bonds is 72. The molecule has 0 aliphatic heterocycles. The van der Waals surface area contributed by atoms with Crippen LogP contribution >= 0.6 is 7.82 Å². The molecule has 9 heteroatoms. The van der Waals surface area contributed by atoms with Gasteiger partial charge in [0.1, 0.15) is 13.2 Å². The molecule has 0 aliphatic rings. The largest absolute Gasteiger partial charge is 0.472 e. The number of allylic oxidation sites excluding steroid dienone is 7. The van der Waals surface area contributed by atoms with Gasteiger partial charge in [-0.1, -0.05) is 371 Å². The lowest BCUT2D eigenvalue weighted by atomic mass is 10.0. The fraction of sp³-hybridized carbons (Fsp3) is 0.885. The van der Waals surface area contributed by atoms with Gasteiger partial charge in [0.15, 0.2) is 0 Å². The lowest BCUT2D eigenvalue weighted by Gasteiger charge is -2.25. The predicted octanol–water partition coefficient (Wildman–Crippen LogP) is 25.0. The maximum Gasteiger partial charge on any atom is 0.472 e. The second-order valence-electron chi connectivity index (χ2n) is 27.7. The van der Waals surface area contributed by atoms with Crippen molar-refractivity contribution in [3.63, 3.8) is 0 Å². The monoisotopic (exact) mass is 1240 g/mol. The van der Waals surface area contributed by atoms with Gasteiger partial charge in [0.25, 0.3) is 0 Å². The summed E-state index contributed by atoms with van der Waals surface area (Å²) in [6.07, 6.45) is 94.4. The molecule has 3 atom stereocenters. The first-order valence-electron chi connectivity index (χ1n) is 38.5. The van der Waals surface area contributed by atoms with E-state index in [1.165, 1.54) is 327 Å². The van der Waals surface area contributed by atoms with Gasteiger partial charge in [0, 0.05) is 6.42 Å². The maximum absolute atomic E-state index is 13.1. The van der Waals surface area contributed by atoms with Gasteiger partial charge in [0.2, 0.25) is 5.91 Å². The predicted molar refractivity (Wildman–Crippen MR) is 383 cm³/mol. The molecule has 87 heavy (non-hydrogen) atoms. The number of carbonyl (C=O) groups excluding carboxylic acids is 1. The molecule has 0 aromatic rings. The van der Waals surface area contributed by atoms with Gasteiger partial charge >= 0.3 is 7.82 Å². The van der Waals surface area contributed by atoms with E-state index in [1.807, 2.05) is 27.2 Å². The van der Waals surface area contributed by atoms with E-state index in [4.69, 9.17) is 9.05 Å². The van der Waals surface area contributed by atoms with Gasteiger partial charge in [0.05, 0.1) is 39.9 Å². The van der Waals surface area contributed by atoms with Crippen molar-refractivity contribution in [3.8, 4) is 0 Å². The maximum atomic E-state index is 13.1. The van der Waals surface area contributed by atoms with Crippen molar-refractivity contribution in [3.05, 3.63) is 48.6 Å². The van der Waals surface area contributed by atoms with Crippen LogP contribution < -0.4 is 5.32 Å². The van der Waals surface area contributed by atoms with Crippen molar-refractivity contribution < 1.29 is 32.9 Å². The molecule has 3 N–H and O–H groups in total. The number of amides is 1. The van der Waals surface area contributed by atoms with Crippen LogP contribution in [0.1, 0.15) is 393 Å². The number of hydrogen-bond acceptors (Lipinski definition) is 5. The Morgan fingerprint density at radius 3 is 0.989 bits per heavy atom. The number of quaternary nitrogens is 1. The first-order valence-corrected chi connectivity index (χ1v) is 40.0. The zero-order chi connectivity index (χ0) is 63.4. The molecular weight excluding hydrogens is 1090 g/mol. The number of aliphatic hydroxyl groups excluding tert-OH is 1. The van der Waals surface area contributed by atoms with Crippen LogP contribution in [-0.2, 0) is 18.4 Å². The summed E-state index contributed by atoms with van der Waals surface area (Å²) in [6.45, 7) is 4.85. The molecular formula is C78H152N2O6P+. The Hall–Kier alpha value is -1.54. The second-order valence-corrected chi connectivity index (χ2v) is 29.2. The van der Waals surface area contributed by atoms with E-state index in [1.54, 1.807) is 6.08 Å². The summed E-state index contributed by atoms with van der Waals surface area (Å²) in [5.41, 5.74) is 0. The number of carbonyl (C=O) groups is 1. The van der Waals surface area contributed by atoms with Crippen LogP contribution in [-0.4, -0.2) is 73.4 Å². The lowest BCUT2D eigenvalue weighted by Crippen LogP contribution is -2.45. The minimum atomic E-state index is -4.36. The first-order chi connectivity index (χ1) is 42.5. The van der Waals surface area contributed by atoms with Crippen LogP contribution in [0, 0.1) is 0 Å². The summed E-state index contributed by atoms with van der Waals surface area (Å²) in [6, 6.07) is -0.865. The molecule has 8 nitrogen and oxygen atoms in total. The normalized spacial score (nSPS) is 13.8. The van der Waals surface area contributed by atoms with Crippen LogP contribution in [0.2, 0.25) is 0 Å². The molecule has 0 bridgehead atoms. The molecule has 0 rings (SSSR count). The molecule has 514 valence electrons. The van der Waals surface area contributed by atoms with Crippen molar-refractivity contribution in [2.75, 3.05) is 40.9 Å². The molecule has 0 aliphatic carbocycles. The van der Waals surface area contributed by atoms with Gasteiger partial charge in [-0.15, -0.1) is 0 Å². The summed E-state index contributed by atoms with van der Waals surface area (Å²) in [5, 5.41) is 14.0. The number of nitrogens with zero attached hydrogens (tertiary/aromatic N) is 1. The van der Waals surface area contributed by atoms with Crippen LogP contribution in [0.5, 0.6) is 0 Å². The van der Waals surface area contributed by atoms with E-state index >= 15 is 0 Å². The number of nitrogens with one attached hydrogen (secondary N) is 1. The van der Waals surface area contributed by atoms with E-state index in [0.717, 1.165) is 44.9 Å². The number of aliphatic hydroxyl groups is 1. The topological polar surface area (TPSA) is 105 Å². The molecule has 0 aromatic carbocycles. The number of likely N-dealkylation sites (N-methyl/N-ethyl adjacent to an activating group) is 1. The van der Waals surface area contributed by atoms with Crippen molar-refractivity contribution in [2.24, 2.45) is 0 Å². The highest BCUT2D eigenvalue weighted by Crippen LogP contribution is 2.43. The Morgan fingerprint density at radius 2 is 0.667 bits per heavy atom. The molecule has 0 spiro atoms. The molecule has 0 saturated heterocycles. The van der Waals surface area contributed by atoms with Crippen LogP contribution in [0.15, 0.2) is 48.6 Å². The average Bonchev–Trinajstić information content (AvgIpc) is 3.71. The Kier molecular flexibility index (Phi) is 67.6. The Labute approximate surface area is 543 Å². The number of unbranched alkanes of at least 4 members (excludes halogenated alkanes) is 53. The Morgan fingerprint density at radius 1 is 0.391 bits per heavy atom. The second kappa shape index (κ2) is 68.8. The van der Waals surface area contributed by atoms with Gasteiger partial charge < -0.3 is 19.8 Å². The summed E-state index contributed by atoms with van der Waals surface area (Å²) < 4.78 is 23.8. The van der Waals surface area contributed by atoms with Crippen LogP contribution in [0.3, 0.4) is 0 Å². The summed E-state index contributed by atoms with van der Waals surface area (Å²) in [5.74, 6) is -0.179. The van der Waals surface area contributed by atoms with Gasteiger partial charge in [-0.05, 0) is 64.2 Å². The zero-order valence-electron chi connectivity index (χ0n) is 59.0. The third-order valence-electron chi connectivity index (χ3n) is 17.8. The quantitative estimate of drug-likeness (QED) is 0.0243. The van der Waals surface area contributed by atoms with Crippen LogP contribution in [0.25, 0.3) is 0 Å². The molecule has 1 amide bonds. The summed E-state index contributed by atoms with van der Waals surface area (Å²) >= 11 is 0. The number of phosphoric acid groups is 1. The smallest absolute Gasteiger partial charge is 0.387 e. The SMILES string of the molecule is CCCCCCC/C=C\C/C=C\CCCCCCCCCCCCCCCCCCCCCCCC(=O)NC(COP(=O)(O)OCC[N+](C)(C)C)C(O)/C=C/CC/C=C/CCCCCCCCCCCCCCCCCCCCCCCCCCCC. The standard InChI is InChI=1S/C78H151N2O6P/c1-6-8-10-12-14-16-18-20-22-24-26-28-30-32-34-36-38-40-42-44-46-48-50-52-54-56-58-60-62-64-66-68-70-72-78(82)79-76(75-86-87(83,84)85-74-73-80(3,4)5)77(81)71-69-67-65-63-61-59-57-55-53-51-49-47-45-43-41-39-37-35-33-31-29-27-25-23-21-19-17-15-13-11-9-7-2/h18,20,24,26,61,63,69,71,76-77,81H,6-17,19,21-23,25,27-60,62,64-68,70,72-75H2,1-5H3,(H-,79,82,83,84)/p+1/b20-18-,26-24-,63-61+,71-69+. The fourth-order valence-corrected chi connectivity index (χ4v) is 12.5. The number of phosphoric ester groups is 1. The zero-order valence-corrected chi connectivity index (χ0v) is 59.9. The van der Waals surface area contributed by atoms with Crippen molar-refractivity contribution in [2.45, 2.75) is 405 Å². The highest BCUT2D eigenvalue weighted by Gasteiger charge is 2.28. The third-order valence-corrected chi connectivity index (χ3v) is 18.8. The van der Waals surface area contributed by atoms with E-state index in [9.17, 15) is 19.4 Å². The van der Waals surface area contributed by atoms with Gasteiger partial charge in [-0.2, -0.15) is 0 Å². The summed E-state index contributed by atoms with van der Waals surface area (Å²) in [4.78, 5) is 23.5. The van der Waals surface area contributed by atoms with E-state index in [2.05, 4.69) is 55.6 Å². The first kappa shape index (κ1) is 85.5. The van der Waals surface area contributed by atoms with E-state index in [0.29, 0.717) is 17.4 Å². The minimum absolute atomic E-state index is 0.0575. The average molecular weight is 1250 g/mol. The third kappa shape index (κ3) is 71.8. The van der Waals surface area contributed by atoms with E-state index in [-0.39, 0.29) is 19.1 Å². The highest BCUT2D eigenvalue weighted by atomic mass is 31.2. The highest BCUT2D eigenvalue weighted by molar-refractivity contribution is 7.47. The molecule has 0 radical (unpaired) electrons. The van der Waals surface area contributed by atoms with Crippen molar-refractivity contribution >= 4 is 13.7 Å². The van der Waals surface area contributed by atoms with Crippen LogP contribution in [0.4, 0.5) is 0 Å². The fourth-order valence-electron chi connectivity index (χ4n) is 11.8. The van der Waals surface area contributed by atoms with Gasteiger partial charge in [-0.25, -0.2) is 4.57 Å². The van der Waals surface area contributed by atoms with E-state index < -0.39 is 20.0 Å². The molecule has 0 aromatic heterocycles. The Balaban J connectivity index is 4.01. The lowest BCUT2D eigenvalue weighted by molar-refractivity contribution is -0.870. The van der Waals surface area contributed by atoms with Crippen molar-refractivity contribution in [1.29, 1.82) is 0 Å². The summed E-state index contributed by atoms with van der Waals surface area (Å²) in [7, 11) is 1.57. The van der Waals surface area contributed by atoms with Gasteiger partial charge in [-0.3, -0.25) is 13.8 Å². The Bertz CT molecular complexity index is 1560. The molecule has 3 unspecified atom stereocenters. The van der Waals surface area contributed by atoms with Crippen molar-refractivity contribution in [1.82, 2.24) is 5.32 Å². The number of hydrogen-bond donors (Lipinski definition) is 3. The minimum Gasteiger partial charge on any atom is -0.387 e. The molecule has 0 heterocycles. The molecule has 0 fully saturated rings.